The first-order valence-electron chi connectivity index (χ1n) is 6.08. The van der Waals surface area contributed by atoms with Crippen LogP contribution in [-0.4, -0.2) is 8.07 Å². The van der Waals surface area contributed by atoms with Crippen molar-refractivity contribution >= 4 is 13.6 Å². The van der Waals surface area contributed by atoms with Gasteiger partial charge in [-0.25, -0.2) is 0 Å². The molecule has 0 saturated carbocycles. The third-order valence-corrected chi connectivity index (χ3v) is 4.22. The Balaban J connectivity index is 2.78. The van der Waals surface area contributed by atoms with Gasteiger partial charge in [-0.2, -0.15) is 0 Å². The minimum atomic E-state index is -1.04. The molecule has 1 aromatic carbocycles. The van der Waals surface area contributed by atoms with Gasteiger partial charge in [0.2, 0.25) is 0 Å². The molecule has 0 nitrogen and oxygen atoms in total. The molecule has 0 N–H and O–H groups in total. The Morgan fingerprint density at radius 1 is 1.12 bits per heavy atom. The molecule has 16 heavy (non-hydrogen) atoms. The zero-order chi connectivity index (χ0) is 12.3. The summed E-state index contributed by atoms with van der Waals surface area (Å²) < 4.78 is 0. The summed E-state index contributed by atoms with van der Waals surface area (Å²) in [5.41, 5.74) is 4.02. The smallest absolute Gasteiger partial charge is 0.0487 e. The first-order chi connectivity index (χ1) is 7.29. The maximum absolute atomic E-state index is 4.22. The summed E-state index contributed by atoms with van der Waals surface area (Å²) in [6.07, 6.45) is 0. The van der Waals surface area contributed by atoms with E-state index in [4.69, 9.17) is 0 Å². The van der Waals surface area contributed by atoms with Crippen molar-refractivity contribution in [2.45, 2.75) is 45.5 Å². The monoisotopic (exact) mass is 232 g/mol. The van der Waals surface area contributed by atoms with Gasteiger partial charge in [0.15, 0.2) is 0 Å². The van der Waals surface area contributed by atoms with Crippen LogP contribution < -0.4 is 0 Å². The molecular weight excluding hydrogens is 208 g/mol. The third-order valence-electron chi connectivity index (χ3n) is 2.73. The summed E-state index contributed by atoms with van der Waals surface area (Å²) in [6.45, 7) is 15.8. The molecule has 0 radical (unpaired) electrons. The van der Waals surface area contributed by atoms with Gasteiger partial charge in [-0.1, -0.05) is 69.9 Å². The van der Waals surface area contributed by atoms with E-state index in [2.05, 4.69) is 64.3 Å². The second-order valence-electron chi connectivity index (χ2n) is 6.12. The normalized spacial score (nSPS) is 11.9. The van der Waals surface area contributed by atoms with E-state index in [-0.39, 0.29) is 0 Å². The van der Waals surface area contributed by atoms with Gasteiger partial charge in [-0.05, 0) is 23.1 Å². The van der Waals surface area contributed by atoms with Crippen molar-refractivity contribution in [3.63, 3.8) is 0 Å². The third kappa shape index (κ3) is 3.97. The van der Waals surface area contributed by atoms with Crippen LogP contribution in [0.15, 0.2) is 30.8 Å². The fourth-order valence-corrected chi connectivity index (χ4v) is 3.33. The average molecular weight is 232 g/mol. The molecule has 1 heteroatoms. The lowest BCUT2D eigenvalue weighted by atomic mass is 10.00. The molecule has 0 unspecified atom stereocenters. The summed E-state index contributed by atoms with van der Waals surface area (Å²) in [5, 5.41) is 0. The Kier molecular flexibility index (Phi) is 4.14. The standard InChI is InChI=1S/C15H24Si/c1-12(2)14-7-9-15(10-8-14)13(3)11-16(4,5)6/h7-10,12H,3,11H2,1-2,4-6H3. The van der Waals surface area contributed by atoms with E-state index in [0.29, 0.717) is 5.92 Å². The van der Waals surface area contributed by atoms with E-state index >= 15 is 0 Å². The molecular formula is C15H24Si. The number of rotatable bonds is 4. The topological polar surface area (TPSA) is 0 Å². The molecule has 0 aliphatic rings. The van der Waals surface area contributed by atoms with Crippen LogP contribution >= 0.6 is 0 Å². The van der Waals surface area contributed by atoms with Crippen LogP contribution in [-0.2, 0) is 0 Å². The zero-order valence-electron chi connectivity index (χ0n) is 11.3. The van der Waals surface area contributed by atoms with Crippen molar-refractivity contribution in [3.8, 4) is 0 Å². The molecule has 0 bridgehead atoms. The van der Waals surface area contributed by atoms with Crippen LogP contribution in [0.25, 0.3) is 5.57 Å². The highest BCUT2D eigenvalue weighted by atomic mass is 28.3. The minimum absolute atomic E-state index is 0.610. The summed E-state index contributed by atoms with van der Waals surface area (Å²) in [4.78, 5) is 0. The highest BCUT2D eigenvalue weighted by Gasteiger charge is 2.15. The summed E-state index contributed by atoms with van der Waals surface area (Å²) in [6, 6.07) is 10.1. The Morgan fingerprint density at radius 3 is 2.00 bits per heavy atom. The Labute approximate surface area is 101 Å². The van der Waals surface area contributed by atoms with Crippen LogP contribution in [0.2, 0.25) is 25.7 Å². The van der Waals surface area contributed by atoms with Crippen LogP contribution in [0.3, 0.4) is 0 Å². The van der Waals surface area contributed by atoms with E-state index in [1.54, 1.807) is 0 Å². The molecule has 0 amide bonds. The molecule has 1 aromatic rings. The highest BCUT2D eigenvalue weighted by molar-refractivity contribution is 6.77. The second-order valence-corrected chi connectivity index (χ2v) is 11.6. The first kappa shape index (κ1) is 13.2. The van der Waals surface area contributed by atoms with Gasteiger partial charge < -0.3 is 0 Å². The van der Waals surface area contributed by atoms with Gasteiger partial charge in [0, 0.05) is 8.07 Å². The van der Waals surface area contributed by atoms with Crippen LogP contribution in [0.4, 0.5) is 0 Å². The summed E-state index contributed by atoms with van der Waals surface area (Å²) in [5.74, 6) is 0.610. The molecule has 1 rings (SSSR count). The maximum atomic E-state index is 4.22. The zero-order valence-corrected chi connectivity index (χ0v) is 12.3. The lowest BCUT2D eigenvalue weighted by Gasteiger charge is -2.18. The van der Waals surface area contributed by atoms with E-state index in [0.717, 1.165) is 0 Å². The highest BCUT2D eigenvalue weighted by Crippen LogP contribution is 2.25. The van der Waals surface area contributed by atoms with Gasteiger partial charge in [0.1, 0.15) is 0 Å². The van der Waals surface area contributed by atoms with Gasteiger partial charge >= 0.3 is 0 Å². The van der Waals surface area contributed by atoms with E-state index in [1.165, 1.54) is 22.7 Å². The van der Waals surface area contributed by atoms with Crippen molar-refractivity contribution in [1.82, 2.24) is 0 Å². The van der Waals surface area contributed by atoms with Gasteiger partial charge in [-0.15, -0.1) is 0 Å². The fraction of sp³-hybridized carbons (Fsp3) is 0.467. The molecule has 0 saturated heterocycles. The van der Waals surface area contributed by atoms with E-state index in [9.17, 15) is 0 Å². The van der Waals surface area contributed by atoms with Gasteiger partial charge in [0.05, 0.1) is 0 Å². The lowest BCUT2D eigenvalue weighted by Crippen LogP contribution is -2.19. The van der Waals surface area contributed by atoms with Gasteiger partial charge in [0.25, 0.3) is 0 Å². The molecule has 0 atom stereocenters. The van der Waals surface area contributed by atoms with Crippen LogP contribution in [0.1, 0.15) is 30.9 Å². The Bertz CT molecular complexity index is 352. The summed E-state index contributed by atoms with van der Waals surface area (Å²) in [7, 11) is -1.04. The Hall–Kier alpha value is -0.823. The average Bonchev–Trinajstić information content (AvgIpc) is 2.15. The molecule has 0 aromatic heterocycles. The van der Waals surface area contributed by atoms with Crippen molar-refractivity contribution in [3.05, 3.63) is 42.0 Å². The summed E-state index contributed by atoms with van der Waals surface area (Å²) >= 11 is 0. The van der Waals surface area contributed by atoms with Crippen LogP contribution in [0.5, 0.6) is 0 Å². The second kappa shape index (κ2) is 5.01. The number of hydrogen-bond donors (Lipinski definition) is 0. The number of allylic oxidation sites excluding steroid dienone is 1. The minimum Gasteiger partial charge on any atom is -0.0955 e. The number of hydrogen-bond acceptors (Lipinski definition) is 0. The SMILES string of the molecule is C=C(C[Si](C)(C)C)c1ccc(C(C)C)cc1. The van der Waals surface area contributed by atoms with Crippen molar-refractivity contribution in [2.75, 3.05) is 0 Å². The maximum Gasteiger partial charge on any atom is 0.0487 e. The largest absolute Gasteiger partial charge is 0.0955 e. The van der Waals surface area contributed by atoms with E-state index < -0.39 is 8.07 Å². The predicted molar refractivity (Wildman–Crippen MR) is 77.7 cm³/mol. The Morgan fingerprint density at radius 2 is 1.62 bits per heavy atom. The fourth-order valence-electron chi connectivity index (χ4n) is 1.85. The van der Waals surface area contributed by atoms with Crippen LogP contribution in [0, 0.1) is 0 Å². The van der Waals surface area contributed by atoms with Crippen molar-refractivity contribution in [2.24, 2.45) is 0 Å². The molecule has 0 aliphatic heterocycles. The quantitative estimate of drug-likeness (QED) is 0.629. The molecule has 0 fully saturated rings. The first-order valence-corrected chi connectivity index (χ1v) is 9.78. The predicted octanol–water partition coefficient (Wildman–Crippen LogP) is 5.16. The number of benzene rings is 1. The van der Waals surface area contributed by atoms with Crippen molar-refractivity contribution in [1.29, 1.82) is 0 Å². The van der Waals surface area contributed by atoms with E-state index in [1.807, 2.05) is 0 Å². The molecule has 88 valence electrons. The lowest BCUT2D eigenvalue weighted by molar-refractivity contribution is 0.866. The van der Waals surface area contributed by atoms with Crippen molar-refractivity contribution < 1.29 is 0 Å². The molecule has 0 spiro atoms. The van der Waals surface area contributed by atoms with Gasteiger partial charge in [-0.3, -0.25) is 0 Å². The molecule has 0 heterocycles. The molecule has 0 aliphatic carbocycles.